The SMILES string of the molecule is CN(C(=O)COC(=O)[C@@H]1CS[C@]2(c3ccccc3)CCC(=O)N12)c1ccccc1. The quantitative estimate of drug-likeness (QED) is 0.709. The highest BCUT2D eigenvalue weighted by atomic mass is 32.2. The van der Waals surface area contributed by atoms with Crippen LogP contribution < -0.4 is 4.90 Å². The Morgan fingerprint density at radius 1 is 1.14 bits per heavy atom. The van der Waals surface area contributed by atoms with Gasteiger partial charge in [-0.25, -0.2) is 4.79 Å². The number of amides is 2. The highest BCUT2D eigenvalue weighted by Crippen LogP contribution is 2.54. The van der Waals surface area contributed by atoms with Crippen molar-refractivity contribution in [3.8, 4) is 0 Å². The Bertz CT molecular complexity index is 921. The van der Waals surface area contributed by atoms with Crippen LogP contribution in [-0.2, 0) is 24.0 Å². The maximum Gasteiger partial charge on any atom is 0.330 e. The summed E-state index contributed by atoms with van der Waals surface area (Å²) in [5.41, 5.74) is 1.74. The molecule has 2 aromatic carbocycles. The number of rotatable bonds is 5. The van der Waals surface area contributed by atoms with Gasteiger partial charge in [-0.1, -0.05) is 48.5 Å². The van der Waals surface area contributed by atoms with Gasteiger partial charge in [-0.05, 0) is 24.1 Å². The molecule has 2 atom stereocenters. The molecule has 0 unspecified atom stereocenters. The third-order valence-corrected chi connectivity index (χ3v) is 7.08. The molecule has 0 aromatic heterocycles. The summed E-state index contributed by atoms with van der Waals surface area (Å²) < 4.78 is 5.33. The third-order valence-electron chi connectivity index (χ3n) is 5.48. The number of ether oxygens (including phenoxy) is 1. The molecule has 4 rings (SSSR count). The number of thioether (sulfide) groups is 1. The van der Waals surface area contributed by atoms with Crippen LogP contribution in [0.4, 0.5) is 5.69 Å². The summed E-state index contributed by atoms with van der Waals surface area (Å²) in [4.78, 5) is 40.4. The van der Waals surface area contributed by atoms with Gasteiger partial charge in [0.2, 0.25) is 5.91 Å². The molecular weight excluding hydrogens is 388 g/mol. The Morgan fingerprint density at radius 2 is 1.79 bits per heavy atom. The molecule has 0 radical (unpaired) electrons. The van der Waals surface area contributed by atoms with E-state index in [-0.39, 0.29) is 18.4 Å². The second kappa shape index (κ2) is 7.91. The maximum atomic E-state index is 12.8. The lowest BCUT2D eigenvalue weighted by atomic mass is 10.0. The second-order valence-corrected chi connectivity index (χ2v) is 8.43. The predicted octanol–water partition coefficient (Wildman–Crippen LogP) is 2.78. The Hall–Kier alpha value is -2.80. The average Bonchev–Trinajstić information content (AvgIpc) is 3.32. The van der Waals surface area contributed by atoms with Crippen LogP contribution in [0.5, 0.6) is 0 Å². The number of hydrogen-bond acceptors (Lipinski definition) is 5. The summed E-state index contributed by atoms with van der Waals surface area (Å²) in [6, 6.07) is 18.3. The highest BCUT2D eigenvalue weighted by molar-refractivity contribution is 8.00. The number of anilines is 1. The molecule has 2 heterocycles. The lowest BCUT2D eigenvalue weighted by Gasteiger charge is -2.33. The van der Waals surface area contributed by atoms with Crippen molar-refractivity contribution in [3.05, 3.63) is 66.2 Å². The van der Waals surface area contributed by atoms with Crippen LogP contribution in [0.15, 0.2) is 60.7 Å². The monoisotopic (exact) mass is 410 g/mol. The number of nitrogens with zero attached hydrogens (tertiary/aromatic N) is 2. The highest BCUT2D eigenvalue weighted by Gasteiger charge is 2.57. The van der Waals surface area contributed by atoms with Crippen molar-refractivity contribution in [1.82, 2.24) is 4.90 Å². The van der Waals surface area contributed by atoms with E-state index in [1.165, 1.54) is 4.90 Å². The van der Waals surface area contributed by atoms with Crippen LogP contribution in [0, 0.1) is 0 Å². The molecule has 2 amide bonds. The van der Waals surface area contributed by atoms with E-state index in [2.05, 4.69) is 0 Å². The van der Waals surface area contributed by atoms with E-state index < -0.39 is 16.9 Å². The van der Waals surface area contributed by atoms with E-state index in [9.17, 15) is 14.4 Å². The van der Waals surface area contributed by atoms with Crippen molar-refractivity contribution < 1.29 is 19.1 Å². The largest absolute Gasteiger partial charge is 0.454 e. The van der Waals surface area contributed by atoms with Gasteiger partial charge in [0.1, 0.15) is 10.9 Å². The van der Waals surface area contributed by atoms with Gasteiger partial charge < -0.3 is 14.5 Å². The van der Waals surface area contributed by atoms with Gasteiger partial charge in [-0.2, -0.15) is 0 Å². The second-order valence-electron chi connectivity index (χ2n) is 7.14. The van der Waals surface area contributed by atoms with Gasteiger partial charge in [0.15, 0.2) is 6.61 Å². The molecule has 2 fully saturated rings. The summed E-state index contributed by atoms with van der Waals surface area (Å²) in [7, 11) is 1.64. The van der Waals surface area contributed by atoms with Crippen LogP contribution in [0.2, 0.25) is 0 Å². The van der Waals surface area contributed by atoms with Crippen LogP contribution in [0.25, 0.3) is 0 Å². The number of carbonyl (C=O) groups excluding carboxylic acids is 3. The first-order chi connectivity index (χ1) is 14.0. The van der Waals surface area contributed by atoms with E-state index in [4.69, 9.17) is 4.74 Å². The van der Waals surface area contributed by atoms with Crippen LogP contribution >= 0.6 is 11.8 Å². The predicted molar refractivity (Wildman–Crippen MR) is 111 cm³/mol. The first-order valence-electron chi connectivity index (χ1n) is 9.53. The van der Waals surface area contributed by atoms with E-state index in [0.29, 0.717) is 18.6 Å². The minimum atomic E-state index is -0.676. The molecular formula is C22H22N2O4S. The molecule has 0 aliphatic carbocycles. The average molecular weight is 410 g/mol. The summed E-state index contributed by atoms with van der Waals surface area (Å²) in [6.45, 7) is -0.355. The molecule has 0 N–H and O–H groups in total. The van der Waals surface area contributed by atoms with Gasteiger partial charge in [-0.15, -0.1) is 11.8 Å². The molecule has 29 heavy (non-hydrogen) atoms. The fourth-order valence-corrected chi connectivity index (χ4v) is 5.57. The van der Waals surface area contributed by atoms with E-state index in [1.54, 1.807) is 23.7 Å². The maximum absolute atomic E-state index is 12.8. The zero-order valence-corrected chi connectivity index (χ0v) is 16.9. The molecule has 0 bridgehead atoms. The lowest BCUT2D eigenvalue weighted by molar-refractivity contribution is -0.156. The minimum absolute atomic E-state index is 0.0477. The van der Waals surface area contributed by atoms with Crippen molar-refractivity contribution in [1.29, 1.82) is 0 Å². The van der Waals surface area contributed by atoms with Crippen molar-refractivity contribution in [2.45, 2.75) is 23.8 Å². The first-order valence-corrected chi connectivity index (χ1v) is 10.5. The fourth-order valence-electron chi connectivity index (χ4n) is 3.94. The molecule has 2 aromatic rings. The zero-order valence-electron chi connectivity index (χ0n) is 16.1. The summed E-state index contributed by atoms with van der Waals surface area (Å²) >= 11 is 1.60. The molecule has 2 saturated heterocycles. The Balaban J connectivity index is 1.44. The molecule has 0 saturated carbocycles. The molecule has 2 aliphatic heterocycles. The minimum Gasteiger partial charge on any atom is -0.454 e. The normalized spacial score (nSPS) is 23.0. The summed E-state index contributed by atoms with van der Waals surface area (Å²) in [6.07, 6.45) is 1.07. The van der Waals surface area contributed by atoms with Gasteiger partial charge in [0.05, 0.1) is 0 Å². The molecule has 0 spiro atoms. The number of hydrogen-bond donors (Lipinski definition) is 0. The number of fused-ring (bicyclic) bond motifs is 1. The first kappa shape index (κ1) is 19.5. The Kier molecular flexibility index (Phi) is 5.32. The lowest BCUT2D eigenvalue weighted by Crippen LogP contribution is -2.47. The van der Waals surface area contributed by atoms with Crippen molar-refractivity contribution in [2.24, 2.45) is 0 Å². The molecule has 7 heteroatoms. The van der Waals surface area contributed by atoms with E-state index in [1.807, 2.05) is 60.7 Å². The smallest absolute Gasteiger partial charge is 0.330 e. The topological polar surface area (TPSA) is 66.9 Å². The number of carbonyl (C=O) groups is 3. The summed E-state index contributed by atoms with van der Waals surface area (Å²) in [5, 5.41) is 0. The number of likely N-dealkylation sites (N-methyl/N-ethyl adjacent to an activating group) is 1. The van der Waals surface area contributed by atoms with Crippen LogP contribution in [0.3, 0.4) is 0 Å². The van der Waals surface area contributed by atoms with E-state index in [0.717, 1.165) is 11.3 Å². The Labute approximate surface area is 173 Å². The van der Waals surface area contributed by atoms with Gasteiger partial charge in [0.25, 0.3) is 5.91 Å². The van der Waals surface area contributed by atoms with Crippen molar-refractivity contribution in [2.75, 3.05) is 24.3 Å². The third kappa shape index (κ3) is 3.51. The number of benzene rings is 2. The molecule has 2 aliphatic rings. The van der Waals surface area contributed by atoms with Crippen LogP contribution in [-0.4, -0.2) is 48.1 Å². The van der Waals surface area contributed by atoms with Crippen LogP contribution in [0.1, 0.15) is 18.4 Å². The van der Waals surface area contributed by atoms with E-state index >= 15 is 0 Å². The Morgan fingerprint density at radius 3 is 2.48 bits per heavy atom. The van der Waals surface area contributed by atoms with Crippen molar-refractivity contribution >= 4 is 35.2 Å². The number of esters is 1. The summed E-state index contributed by atoms with van der Waals surface area (Å²) in [5.74, 6) is -0.437. The zero-order chi connectivity index (χ0) is 20.4. The van der Waals surface area contributed by atoms with Gasteiger partial charge in [0, 0.05) is 24.9 Å². The molecule has 6 nitrogen and oxygen atoms in total. The van der Waals surface area contributed by atoms with Crippen molar-refractivity contribution in [3.63, 3.8) is 0 Å². The molecule has 150 valence electrons. The standard InChI is InChI=1S/C22H22N2O4S/c1-23(17-10-6-3-7-11-17)20(26)14-28-21(27)18-15-29-22(13-12-19(25)24(18)22)16-8-4-2-5-9-16/h2-11,18H,12-15H2,1H3/t18-,22-/m0/s1. The van der Waals surface area contributed by atoms with Gasteiger partial charge >= 0.3 is 5.97 Å². The fraction of sp³-hybridized carbons (Fsp3) is 0.318. The number of para-hydroxylation sites is 1. The van der Waals surface area contributed by atoms with Gasteiger partial charge in [-0.3, -0.25) is 9.59 Å².